The smallest absolute Gasteiger partial charge is 0.224 e. The summed E-state index contributed by atoms with van der Waals surface area (Å²) >= 11 is 0. The predicted octanol–water partition coefficient (Wildman–Crippen LogP) is 3.09. The van der Waals surface area contributed by atoms with Crippen LogP contribution in [0.3, 0.4) is 0 Å². The summed E-state index contributed by atoms with van der Waals surface area (Å²) in [4.78, 5) is 12.3. The molecule has 0 bridgehead atoms. The zero-order valence-electron chi connectivity index (χ0n) is 14.0. The molecule has 3 atom stereocenters. The zero-order valence-corrected chi connectivity index (χ0v) is 14.0. The Kier molecular flexibility index (Phi) is 4.39. The average Bonchev–Trinajstić information content (AvgIpc) is 3.20. The lowest BCUT2D eigenvalue weighted by Crippen LogP contribution is -2.37. The number of hydrogen-bond acceptors (Lipinski definition) is 2. The second kappa shape index (κ2) is 6.34. The number of benzene rings is 1. The number of aryl methyl sites for hydroxylation is 2. The van der Waals surface area contributed by atoms with Crippen molar-refractivity contribution in [3.63, 3.8) is 0 Å². The normalized spacial score (nSPS) is 20.7. The van der Waals surface area contributed by atoms with Gasteiger partial charge in [0.2, 0.25) is 5.91 Å². The van der Waals surface area contributed by atoms with Crippen LogP contribution < -0.4 is 5.32 Å². The van der Waals surface area contributed by atoms with Crippen LogP contribution in [-0.4, -0.2) is 21.7 Å². The minimum atomic E-state index is -0.601. The molecule has 1 saturated carbocycles. The van der Waals surface area contributed by atoms with Gasteiger partial charge < -0.3 is 5.32 Å². The van der Waals surface area contributed by atoms with Crippen molar-refractivity contribution < 1.29 is 13.6 Å². The van der Waals surface area contributed by atoms with E-state index in [4.69, 9.17) is 0 Å². The maximum absolute atomic E-state index is 13.8. The Morgan fingerprint density at radius 3 is 2.75 bits per heavy atom. The Hall–Kier alpha value is -2.24. The molecule has 1 aromatic heterocycles. The van der Waals surface area contributed by atoms with Crippen LogP contribution in [0.1, 0.15) is 36.2 Å². The first kappa shape index (κ1) is 16.6. The number of aromatic nitrogens is 2. The Bertz CT molecular complexity index is 772. The average molecular weight is 333 g/mol. The molecule has 1 aromatic carbocycles. The molecule has 128 valence electrons. The Morgan fingerprint density at radius 2 is 2.12 bits per heavy atom. The van der Waals surface area contributed by atoms with E-state index < -0.39 is 11.6 Å². The van der Waals surface area contributed by atoms with E-state index in [0.29, 0.717) is 18.5 Å². The van der Waals surface area contributed by atoms with Gasteiger partial charge in [0.1, 0.15) is 11.6 Å². The van der Waals surface area contributed by atoms with Gasteiger partial charge >= 0.3 is 0 Å². The summed E-state index contributed by atoms with van der Waals surface area (Å²) in [6.07, 6.45) is 0.598. The number of rotatable bonds is 5. The molecule has 0 aliphatic heterocycles. The van der Waals surface area contributed by atoms with E-state index >= 15 is 0 Å². The third-order valence-corrected chi connectivity index (χ3v) is 4.43. The lowest BCUT2D eigenvalue weighted by atomic mass is 10.1. The zero-order chi connectivity index (χ0) is 17.4. The van der Waals surface area contributed by atoms with Crippen LogP contribution in [0.5, 0.6) is 0 Å². The fourth-order valence-electron chi connectivity index (χ4n) is 3.15. The molecular formula is C18H21F2N3O. The van der Waals surface area contributed by atoms with Crippen molar-refractivity contribution in [3.05, 3.63) is 52.9 Å². The topological polar surface area (TPSA) is 46.9 Å². The fourth-order valence-corrected chi connectivity index (χ4v) is 3.15. The largest absolute Gasteiger partial charge is 0.352 e. The maximum atomic E-state index is 13.8. The first-order valence-electron chi connectivity index (χ1n) is 8.11. The van der Waals surface area contributed by atoms with Crippen LogP contribution in [0.2, 0.25) is 0 Å². The SMILES string of the molecule is Cc1cc(C)n(C[C@H](C)NC(=O)[C@@H]2C[C@H]2c2ccc(F)cc2F)n1. The van der Waals surface area contributed by atoms with Crippen molar-refractivity contribution >= 4 is 5.91 Å². The van der Waals surface area contributed by atoms with Crippen molar-refractivity contribution in [1.29, 1.82) is 0 Å². The number of carbonyl (C=O) groups is 1. The van der Waals surface area contributed by atoms with Gasteiger partial charge in [0.05, 0.1) is 12.2 Å². The van der Waals surface area contributed by atoms with Gasteiger partial charge in [0.25, 0.3) is 0 Å². The van der Waals surface area contributed by atoms with Gasteiger partial charge in [-0.25, -0.2) is 8.78 Å². The monoisotopic (exact) mass is 333 g/mol. The second-order valence-electron chi connectivity index (χ2n) is 6.63. The summed E-state index contributed by atoms with van der Waals surface area (Å²) in [7, 11) is 0. The molecule has 0 saturated heterocycles. The van der Waals surface area contributed by atoms with Gasteiger partial charge in [0, 0.05) is 23.7 Å². The lowest BCUT2D eigenvalue weighted by molar-refractivity contribution is -0.123. The van der Waals surface area contributed by atoms with Crippen molar-refractivity contribution in [2.75, 3.05) is 0 Å². The quantitative estimate of drug-likeness (QED) is 0.914. The second-order valence-corrected chi connectivity index (χ2v) is 6.63. The lowest BCUT2D eigenvalue weighted by Gasteiger charge is -2.15. The van der Waals surface area contributed by atoms with Crippen molar-refractivity contribution in [2.45, 2.75) is 45.7 Å². The van der Waals surface area contributed by atoms with Crippen LogP contribution in [0.15, 0.2) is 24.3 Å². The molecule has 3 rings (SSSR count). The summed E-state index contributed by atoms with van der Waals surface area (Å²) in [5.74, 6) is -1.67. The highest BCUT2D eigenvalue weighted by atomic mass is 19.1. The van der Waals surface area contributed by atoms with Gasteiger partial charge in [-0.1, -0.05) is 6.07 Å². The highest BCUT2D eigenvalue weighted by molar-refractivity contribution is 5.83. The first-order chi connectivity index (χ1) is 11.3. The standard InChI is InChI=1S/C18H21F2N3O/c1-10-6-12(3)23(22-10)9-11(2)21-18(24)16-8-15(16)14-5-4-13(19)7-17(14)20/h4-7,11,15-16H,8-9H2,1-3H3,(H,21,24)/t11-,15-,16+/m0/s1. The third-order valence-electron chi connectivity index (χ3n) is 4.43. The number of amides is 1. The van der Waals surface area contributed by atoms with Crippen LogP contribution in [-0.2, 0) is 11.3 Å². The molecule has 1 N–H and O–H groups in total. The maximum Gasteiger partial charge on any atom is 0.224 e. The molecule has 1 heterocycles. The van der Waals surface area contributed by atoms with Gasteiger partial charge in [-0.3, -0.25) is 9.48 Å². The number of nitrogens with zero attached hydrogens (tertiary/aromatic N) is 2. The van der Waals surface area contributed by atoms with E-state index in [1.54, 1.807) is 0 Å². The van der Waals surface area contributed by atoms with E-state index in [-0.39, 0.29) is 23.8 Å². The third kappa shape index (κ3) is 3.47. The molecule has 0 unspecified atom stereocenters. The van der Waals surface area contributed by atoms with E-state index in [2.05, 4.69) is 10.4 Å². The Morgan fingerprint density at radius 1 is 1.38 bits per heavy atom. The summed E-state index contributed by atoms with van der Waals surface area (Å²) < 4.78 is 28.6. The Labute approximate surface area is 139 Å². The molecule has 1 aliphatic rings. The molecule has 1 aliphatic carbocycles. The number of carbonyl (C=O) groups excluding carboxylic acids is 1. The van der Waals surface area contributed by atoms with Gasteiger partial charge in [-0.15, -0.1) is 0 Å². The minimum absolute atomic E-state index is 0.0742. The molecule has 0 radical (unpaired) electrons. The van der Waals surface area contributed by atoms with Gasteiger partial charge in [-0.2, -0.15) is 5.10 Å². The summed E-state index contributed by atoms with van der Waals surface area (Å²) in [5.41, 5.74) is 2.41. The number of hydrogen-bond donors (Lipinski definition) is 1. The van der Waals surface area contributed by atoms with Crippen molar-refractivity contribution in [2.24, 2.45) is 5.92 Å². The van der Waals surface area contributed by atoms with Crippen LogP contribution in [0.25, 0.3) is 0 Å². The van der Waals surface area contributed by atoms with Crippen LogP contribution >= 0.6 is 0 Å². The van der Waals surface area contributed by atoms with Gasteiger partial charge in [-0.05, 0) is 50.8 Å². The van der Waals surface area contributed by atoms with Crippen LogP contribution in [0, 0.1) is 31.4 Å². The molecule has 4 nitrogen and oxygen atoms in total. The van der Waals surface area contributed by atoms with Gasteiger partial charge in [0.15, 0.2) is 0 Å². The van der Waals surface area contributed by atoms with E-state index in [1.807, 2.05) is 31.5 Å². The highest BCUT2D eigenvalue weighted by Crippen LogP contribution is 2.48. The van der Waals surface area contributed by atoms with Crippen LogP contribution in [0.4, 0.5) is 8.78 Å². The highest BCUT2D eigenvalue weighted by Gasteiger charge is 2.45. The molecular weight excluding hydrogens is 312 g/mol. The number of nitrogens with one attached hydrogen (secondary N) is 1. The van der Waals surface area contributed by atoms with E-state index in [9.17, 15) is 13.6 Å². The van der Waals surface area contributed by atoms with E-state index in [1.165, 1.54) is 12.1 Å². The Balaban J connectivity index is 1.57. The van der Waals surface area contributed by atoms with Crippen molar-refractivity contribution in [1.82, 2.24) is 15.1 Å². The summed E-state index contributed by atoms with van der Waals surface area (Å²) in [5, 5.41) is 7.34. The first-order valence-corrected chi connectivity index (χ1v) is 8.11. The molecule has 6 heteroatoms. The van der Waals surface area contributed by atoms with Crippen molar-refractivity contribution in [3.8, 4) is 0 Å². The molecule has 2 aromatic rings. The minimum Gasteiger partial charge on any atom is -0.352 e. The fraction of sp³-hybridized carbons (Fsp3) is 0.444. The molecule has 24 heavy (non-hydrogen) atoms. The number of halogens is 2. The molecule has 0 spiro atoms. The summed E-state index contributed by atoms with van der Waals surface area (Å²) in [6.45, 7) is 6.42. The molecule has 1 amide bonds. The molecule has 1 fully saturated rings. The van der Waals surface area contributed by atoms with E-state index in [0.717, 1.165) is 17.5 Å². The predicted molar refractivity (Wildman–Crippen MR) is 86.5 cm³/mol. The summed E-state index contributed by atoms with van der Waals surface area (Å²) in [6, 6.07) is 5.45.